The van der Waals surface area contributed by atoms with Gasteiger partial charge in [-0.25, -0.2) is 0 Å². The van der Waals surface area contributed by atoms with Crippen molar-refractivity contribution in [3.8, 4) is 16.9 Å². The van der Waals surface area contributed by atoms with Crippen molar-refractivity contribution in [2.45, 2.75) is 40.2 Å². The number of hydrogen-bond donors (Lipinski definition) is 1. The lowest BCUT2D eigenvalue weighted by molar-refractivity contribution is -0.117. The van der Waals surface area contributed by atoms with Crippen molar-refractivity contribution >= 4 is 34.1 Å². The number of carbonyl (C=O) groups excluding carboxylic acids is 1. The molecule has 1 amide bonds. The van der Waals surface area contributed by atoms with Crippen molar-refractivity contribution in [1.29, 1.82) is 0 Å². The monoisotopic (exact) mass is 411 g/mol. The lowest BCUT2D eigenvalue weighted by Gasteiger charge is -2.13. The minimum absolute atomic E-state index is 0.107. The van der Waals surface area contributed by atoms with Crippen LogP contribution in [0.2, 0.25) is 5.02 Å². The van der Waals surface area contributed by atoms with Crippen LogP contribution in [0.1, 0.15) is 39.7 Å². The average molecular weight is 412 g/mol. The van der Waals surface area contributed by atoms with Crippen LogP contribution in [0, 0.1) is 0 Å². The average Bonchev–Trinajstić information content (AvgIpc) is 3.10. The van der Waals surface area contributed by atoms with Crippen LogP contribution in [-0.2, 0) is 4.79 Å². The first-order valence-electron chi connectivity index (χ1n) is 9.86. The molecule has 2 aromatic carbocycles. The maximum Gasteiger partial charge on any atom is 0.244 e. The Kier molecular flexibility index (Phi) is 6.65. The fourth-order valence-corrected chi connectivity index (χ4v) is 3.28. The summed E-state index contributed by atoms with van der Waals surface area (Å²) in [6.45, 7) is 8.41. The summed E-state index contributed by atoms with van der Waals surface area (Å²) in [5.74, 6) is 0.589. The van der Waals surface area contributed by atoms with Crippen LogP contribution >= 0.6 is 11.6 Å². The van der Waals surface area contributed by atoms with Gasteiger partial charge in [0.05, 0.1) is 12.9 Å². The highest BCUT2D eigenvalue weighted by molar-refractivity contribution is 6.30. The Balaban J connectivity index is 2.06. The summed E-state index contributed by atoms with van der Waals surface area (Å²) >= 11 is 6.02. The zero-order valence-corrected chi connectivity index (χ0v) is 18.0. The summed E-state index contributed by atoms with van der Waals surface area (Å²) in [7, 11) is 0. The third kappa shape index (κ3) is 4.83. The summed E-state index contributed by atoms with van der Waals surface area (Å²) in [6, 6.07) is 11.7. The first-order valence-corrected chi connectivity index (χ1v) is 10.2. The Morgan fingerprint density at radius 1 is 1.24 bits per heavy atom. The molecule has 1 heterocycles. The van der Waals surface area contributed by atoms with Crippen molar-refractivity contribution in [1.82, 2.24) is 5.32 Å². The quantitative estimate of drug-likeness (QED) is 0.453. The topological polar surface area (TPSA) is 51.5 Å². The number of fused-ring (bicyclic) bond motifs is 1. The number of halogens is 1. The van der Waals surface area contributed by atoms with E-state index in [2.05, 4.69) is 5.32 Å². The molecule has 0 saturated heterocycles. The molecule has 1 aromatic heterocycles. The molecule has 0 radical (unpaired) electrons. The van der Waals surface area contributed by atoms with Gasteiger partial charge >= 0.3 is 0 Å². The Labute approximate surface area is 176 Å². The van der Waals surface area contributed by atoms with E-state index in [0.29, 0.717) is 17.4 Å². The van der Waals surface area contributed by atoms with Gasteiger partial charge in [-0.05, 0) is 56.5 Å². The summed E-state index contributed by atoms with van der Waals surface area (Å²) in [6.07, 6.45) is 4.24. The summed E-state index contributed by atoms with van der Waals surface area (Å²) in [5.41, 5.74) is 4.42. The second-order valence-corrected chi connectivity index (χ2v) is 7.52. The highest BCUT2D eigenvalue weighted by Gasteiger charge is 2.15. The van der Waals surface area contributed by atoms with E-state index < -0.39 is 0 Å². The van der Waals surface area contributed by atoms with E-state index in [1.807, 2.05) is 64.1 Å². The van der Waals surface area contributed by atoms with Gasteiger partial charge < -0.3 is 14.5 Å². The molecular weight excluding hydrogens is 386 g/mol. The van der Waals surface area contributed by atoms with Crippen LogP contribution in [-0.4, -0.2) is 18.6 Å². The molecule has 29 heavy (non-hydrogen) atoms. The Morgan fingerprint density at radius 3 is 2.62 bits per heavy atom. The van der Waals surface area contributed by atoms with Gasteiger partial charge in [-0.2, -0.15) is 0 Å². The largest absolute Gasteiger partial charge is 0.493 e. The van der Waals surface area contributed by atoms with E-state index in [-0.39, 0.29) is 11.9 Å². The minimum atomic E-state index is -0.107. The fourth-order valence-electron chi connectivity index (χ4n) is 3.15. The van der Waals surface area contributed by atoms with E-state index in [1.54, 1.807) is 12.3 Å². The van der Waals surface area contributed by atoms with Crippen molar-refractivity contribution in [3.63, 3.8) is 0 Å². The molecule has 1 atom stereocenters. The van der Waals surface area contributed by atoms with Gasteiger partial charge in [-0.15, -0.1) is 0 Å². The van der Waals surface area contributed by atoms with E-state index in [9.17, 15) is 4.79 Å². The number of allylic oxidation sites excluding steroid dienone is 1. The van der Waals surface area contributed by atoms with E-state index >= 15 is 0 Å². The summed E-state index contributed by atoms with van der Waals surface area (Å²) < 4.78 is 11.6. The second kappa shape index (κ2) is 9.19. The molecule has 3 rings (SSSR count). The Hall–Kier alpha value is -2.72. The normalized spacial score (nSPS) is 12.8. The van der Waals surface area contributed by atoms with Crippen molar-refractivity contribution in [2.24, 2.45) is 0 Å². The van der Waals surface area contributed by atoms with Gasteiger partial charge in [0.15, 0.2) is 0 Å². The maximum absolute atomic E-state index is 12.3. The van der Waals surface area contributed by atoms with Gasteiger partial charge in [0.1, 0.15) is 11.3 Å². The minimum Gasteiger partial charge on any atom is -0.493 e. The van der Waals surface area contributed by atoms with Gasteiger partial charge in [-0.1, -0.05) is 30.7 Å². The molecule has 1 N–H and O–H groups in total. The molecule has 0 saturated carbocycles. The second-order valence-electron chi connectivity index (χ2n) is 7.08. The van der Waals surface area contributed by atoms with Crippen molar-refractivity contribution in [2.75, 3.05) is 6.61 Å². The lowest BCUT2D eigenvalue weighted by atomic mass is 9.99. The van der Waals surface area contributed by atoms with Crippen molar-refractivity contribution < 1.29 is 13.9 Å². The maximum atomic E-state index is 12.3. The van der Waals surface area contributed by atoms with E-state index in [0.717, 1.165) is 39.7 Å². The predicted molar refractivity (Wildman–Crippen MR) is 119 cm³/mol. The summed E-state index contributed by atoms with van der Waals surface area (Å²) in [5, 5.41) is 4.62. The van der Waals surface area contributed by atoms with Crippen LogP contribution in [0.25, 0.3) is 27.7 Å². The molecule has 4 nitrogen and oxygen atoms in total. The number of nitrogens with one attached hydrogen (secondary N) is 1. The first kappa shape index (κ1) is 21.0. The molecule has 0 fully saturated rings. The molecular formula is C24H26ClNO3. The molecule has 152 valence electrons. The third-order valence-electron chi connectivity index (χ3n) is 4.90. The fraction of sp³-hybridized carbons (Fsp3) is 0.292. The smallest absolute Gasteiger partial charge is 0.244 e. The molecule has 0 aliphatic heterocycles. The standard InChI is InChI=1S/C24H26ClNO3/c1-5-16(4)26-24(27)11-15(3)19-12-20-21(17-7-9-18(25)10-8-17)14-29-23(20)13-22(19)28-6-2/h7-14,16H,5-6H2,1-4H3,(H,26,27)/b15-11+. The van der Waals surface area contributed by atoms with Crippen LogP contribution in [0.4, 0.5) is 0 Å². The van der Waals surface area contributed by atoms with E-state index in [1.165, 1.54) is 0 Å². The molecule has 0 bridgehead atoms. The zero-order valence-electron chi connectivity index (χ0n) is 17.2. The Bertz CT molecular complexity index is 1030. The third-order valence-corrected chi connectivity index (χ3v) is 5.16. The highest BCUT2D eigenvalue weighted by Crippen LogP contribution is 2.37. The molecule has 0 spiro atoms. The predicted octanol–water partition coefficient (Wildman–Crippen LogP) is 6.47. The van der Waals surface area contributed by atoms with E-state index in [4.69, 9.17) is 20.8 Å². The number of amides is 1. The molecule has 3 aromatic rings. The van der Waals surface area contributed by atoms with Crippen LogP contribution in [0.5, 0.6) is 5.75 Å². The van der Waals surface area contributed by atoms with Gasteiger partial charge in [0.25, 0.3) is 0 Å². The van der Waals surface area contributed by atoms with Crippen LogP contribution in [0.3, 0.4) is 0 Å². The molecule has 1 unspecified atom stereocenters. The Morgan fingerprint density at radius 2 is 1.97 bits per heavy atom. The number of ether oxygens (including phenoxy) is 1. The van der Waals surface area contributed by atoms with Gasteiger partial charge in [-0.3, -0.25) is 4.79 Å². The summed E-state index contributed by atoms with van der Waals surface area (Å²) in [4.78, 5) is 12.3. The lowest BCUT2D eigenvalue weighted by Crippen LogP contribution is -2.30. The number of carbonyl (C=O) groups is 1. The molecule has 5 heteroatoms. The van der Waals surface area contributed by atoms with Crippen molar-refractivity contribution in [3.05, 3.63) is 59.3 Å². The van der Waals surface area contributed by atoms with Crippen LogP contribution < -0.4 is 10.1 Å². The molecule has 0 aliphatic carbocycles. The molecule has 0 aliphatic rings. The zero-order chi connectivity index (χ0) is 21.0. The number of benzene rings is 2. The number of furan rings is 1. The number of hydrogen-bond acceptors (Lipinski definition) is 3. The number of rotatable bonds is 7. The van der Waals surface area contributed by atoms with Crippen LogP contribution in [0.15, 0.2) is 53.2 Å². The van der Waals surface area contributed by atoms with Gasteiger partial charge in [0, 0.05) is 39.7 Å². The highest BCUT2D eigenvalue weighted by atomic mass is 35.5. The SMILES string of the molecule is CCOc1cc2occ(-c3ccc(Cl)cc3)c2cc1/C(C)=C/C(=O)NC(C)CC. The first-order chi connectivity index (χ1) is 13.9. The van der Waals surface area contributed by atoms with Gasteiger partial charge in [0.2, 0.25) is 5.91 Å².